The summed E-state index contributed by atoms with van der Waals surface area (Å²) in [5.74, 6) is 0.690. The second-order valence-corrected chi connectivity index (χ2v) is 6.58. The van der Waals surface area contributed by atoms with Crippen LogP contribution in [0.2, 0.25) is 5.02 Å². The molecule has 20 heavy (non-hydrogen) atoms. The number of anilines is 1. The predicted molar refractivity (Wildman–Crippen MR) is 81.4 cm³/mol. The number of halogens is 1. The molecule has 0 spiro atoms. The SMILES string of the molecule is CC(C)(C)OC(=O)Nc1ccc(CC2CNC2)cc1Cl. The van der Waals surface area contributed by atoms with Crippen LogP contribution in [-0.4, -0.2) is 24.8 Å². The minimum atomic E-state index is -0.520. The Morgan fingerprint density at radius 1 is 1.45 bits per heavy atom. The van der Waals surface area contributed by atoms with Crippen LogP contribution in [0.5, 0.6) is 0 Å². The van der Waals surface area contributed by atoms with E-state index in [9.17, 15) is 4.79 Å². The van der Waals surface area contributed by atoms with Gasteiger partial charge in [-0.25, -0.2) is 4.79 Å². The highest BCUT2D eigenvalue weighted by Gasteiger charge is 2.19. The zero-order chi connectivity index (χ0) is 14.8. The summed E-state index contributed by atoms with van der Waals surface area (Å²) in [6, 6.07) is 5.73. The third-order valence-electron chi connectivity index (χ3n) is 3.06. The van der Waals surface area contributed by atoms with E-state index in [1.165, 1.54) is 5.56 Å². The first-order valence-electron chi connectivity index (χ1n) is 6.82. The minimum absolute atomic E-state index is 0.490. The average Bonchev–Trinajstić information content (AvgIpc) is 2.24. The molecule has 0 aromatic heterocycles. The van der Waals surface area contributed by atoms with Gasteiger partial charge in [0.1, 0.15) is 5.60 Å². The van der Waals surface area contributed by atoms with Gasteiger partial charge in [0.25, 0.3) is 0 Å². The molecule has 4 nitrogen and oxygen atoms in total. The first kappa shape index (κ1) is 15.1. The van der Waals surface area contributed by atoms with Crippen LogP contribution >= 0.6 is 11.6 Å². The second kappa shape index (κ2) is 6.02. The highest BCUT2D eigenvalue weighted by atomic mass is 35.5. The van der Waals surface area contributed by atoms with Crippen LogP contribution in [-0.2, 0) is 11.2 Å². The fourth-order valence-electron chi connectivity index (χ4n) is 2.03. The molecular weight excluding hydrogens is 276 g/mol. The van der Waals surface area contributed by atoms with Crippen molar-refractivity contribution >= 4 is 23.4 Å². The summed E-state index contributed by atoms with van der Waals surface area (Å²) in [5.41, 5.74) is 1.25. The molecule has 1 aromatic rings. The molecule has 1 aliphatic heterocycles. The lowest BCUT2D eigenvalue weighted by molar-refractivity contribution is 0.0636. The van der Waals surface area contributed by atoms with Crippen molar-refractivity contribution < 1.29 is 9.53 Å². The number of hydrogen-bond acceptors (Lipinski definition) is 3. The monoisotopic (exact) mass is 296 g/mol. The van der Waals surface area contributed by atoms with Crippen molar-refractivity contribution in [2.24, 2.45) is 5.92 Å². The van der Waals surface area contributed by atoms with Gasteiger partial charge in [0.05, 0.1) is 10.7 Å². The maximum Gasteiger partial charge on any atom is 0.412 e. The lowest BCUT2D eigenvalue weighted by Crippen LogP contribution is -2.43. The van der Waals surface area contributed by atoms with Crippen LogP contribution in [0.15, 0.2) is 18.2 Å². The number of amides is 1. The molecule has 2 rings (SSSR count). The second-order valence-electron chi connectivity index (χ2n) is 6.17. The Balaban J connectivity index is 1.96. The van der Waals surface area contributed by atoms with Crippen LogP contribution in [0.4, 0.5) is 10.5 Å². The smallest absolute Gasteiger partial charge is 0.412 e. The summed E-state index contributed by atoms with van der Waals surface area (Å²) in [4.78, 5) is 11.7. The third-order valence-corrected chi connectivity index (χ3v) is 3.37. The predicted octanol–water partition coefficient (Wildman–Crippen LogP) is 3.45. The standard InChI is InChI=1S/C15H21ClN2O2/c1-15(2,3)20-14(19)18-13-5-4-10(7-12(13)16)6-11-8-17-9-11/h4-5,7,11,17H,6,8-9H2,1-3H3,(H,18,19). The largest absolute Gasteiger partial charge is 0.444 e. The van der Waals surface area contributed by atoms with Gasteiger partial charge in [0.2, 0.25) is 0 Å². The highest BCUT2D eigenvalue weighted by Crippen LogP contribution is 2.25. The zero-order valence-electron chi connectivity index (χ0n) is 12.1. The Bertz CT molecular complexity index is 493. The number of carbonyl (C=O) groups is 1. The van der Waals surface area contributed by atoms with Crippen LogP contribution in [0, 0.1) is 5.92 Å². The number of rotatable bonds is 3. The van der Waals surface area contributed by atoms with Gasteiger partial charge in [0, 0.05) is 0 Å². The Hall–Kier alpha value is -1.26. The minimum Gasteiger partial charge on any atom is -0.444 e. The van der Waals surface area contributed by atoms with E-state index in [0.29, 0.717) is 16.6 Å². The summed E-state index contributed by atoms with van der Waals surface area (Å²) < 4.78 is 5.20. The molecule has 5 heteroatoms. The van der Waals surface area contributed by atoms with Crippen LogP contribution in [0.25, 0.3) is 0 Å². The number of carbonyl (C=O) groups excluding carboxylic acids is 1. The van der Waals surface area contributed by atoms with E-state index >= 15 is 0 Å². The quantitative estimate of drug-likeness (QED) is 0.898. The van der Waals surface area contributed by atoms with E-state index in [-0.39, 0.29) is 0 Å². The molecule has 1 amide bonds. The zero-order valence-corrected chi connectivity index (χ0v) is 12.9. The maximum atomic E-state index is 11.7. The average molecular weight is 297 g/mol. The summed E-state index contributed by atoms with van der Waals surface area (Å²) in [5, 5.41) is 6.46. The van der Waals surface area contributed by atoms with Crippen molar-refractivity contribution in [1.82, 2.24) is 5.32 Å². The summed E-state index contributed by atoms with van der Waals surface area (Å²) in [6.45, 7) is 7.60. The molecule has 2 N–H and O–H groups in total. The first-order chi connectivity index (χ1) is 9.33. The number of benzene rings is 1. The molecule has 1 aromatic carbocycles. The van der Waals surface area contributed by atoms with Gasteiger partial charge in [-0.15, -0.1) is 0 Å². The first-order valence-corrected chi connectivity index (χ1v) is 7.20. The summed E-state index contributed by atoms with van der Waals surface area (Å²) >= 11 is 6.20. The molecule has 1 heterocycles. The molecule has 0 aliphatic carbocycles. The van der Waals surface area contributed by atoms with Crippen molar-refractivity contribution in [3.63, 3.8) is 0 Å². The molecule has 110 valence electrons. The lowest BCUT2D eigenvalue weighted by atomic mass is 9.94. The van der Waals surface area contributed by atoms with Crippen molar-refractivity contribution in [1.29, 1.82) is 0 Å². The topological polar surface area (TPSA) is 50.4 Å². The van der Waals surface area contributed by atoms with Crippen LogP contribution < -0.4 is 10.6 Å². The van der Waals surface area contributed by atoms with Gasteiger partial charge in [-0.05, 0) is 63.9 Å². The van der Waals surface area contributed by atoms with Crippen LogP contribution in [0.3, 0.4) is 0 Å². The van der Waals surface area contributed by atoms with Crippen LogP contribution in [0.1, 0.15) is 26.3 Å². The molecular formula is C15H21ClN2O2. The normalized spacial score (nSPS) is 15.6. The van der Waals surface area contributed by atoms with E-state index in [1.807, 2.05) is 39.0 Å². The van der Waals surface area contributed by atoms with Crippen molar-refractivity contribution in [2.45, 2.75) is 32.8 Å². The van der Waals surface area contributed by atoms with E-state index < -0.39 is 11.7 Å². The Kier molecular flexibility index (Phi) is 4.55. The molecule has 0 radical (unpaired) electrons. The van der Waals surface area contributed by atoms with Gasteiger partial charge < -0.3 is 10.1 Å². The van der Waals surface area contributed by atoms with Crippen molar-refractivity contribution in [3.05, 3.63) is 28.8 Å². The van der Waals surface area contributed by atoms with E-state index in [1.54, 1.807) is 0 Å². The number of nitrogens with one attached hydrogen (secondary N) is 2. The molecule has 0 saturated carbocycles. The van der Waals surface area contributed by atoms with E-state index in [0.717, 1.165) is 19.5 Å². The molecule has 0 unspecified atom stereocenters. The Morgan fingerprint density at radius 3 is 2.65 bits per heavy atom. The van der Waals surface area contributed by atoms with E-state index in [4.69, 9.17) is 16.3 Å². The fraction of sp³-hybridized carbons (Fsp3) is 0.533. The van der Waals surface area contributed by atoms with Gasteiger partial charge in [0.15, 0.2) is 0 Å². The fourth-order valence-corrected chi connectivity index (χ4v) is 2.28. The number of hydrogen-bond donors (Lipinski definition) is 2. The van der Waals surface area contributed by atoms with Crippen molar-refractivity contribution in [2.75, 3.05) is 18.4 Å². The third kappa shape index (κ3) is 4.39. The Labute approximate surface area is 124 Å². The number of ether oxygens (including phenoxy) is 1. The lowest BCUT2D eigenvalue weighted by Gasteiger charge is -2.27. The molecule has 1 saturated heterocycles. The molecule has 1 fully saturated rings. The molecule has 0 bridgehead atoms. The maximum absolute atomic E-state index is 11.7. The molecule has 0 atom stereocenters. The highest BCUT2D eigenvalue weighted by molar-refractivity contribution is 6.33. The van der Waals surface area contributed by atoms with Gasteiger partial charge >= 0.3 is 6.09 Å². The van der Waals surface area contributed by atoms with E-state index in [2.05, 4.69) is 10.6 Å². The van der Waals surface area contributed by atoms with Gasteiger partial charge in [-0.1, -0.05) is 17.7 Å². The Morgan fingerprint density at radius 2 is 2.15 bits per heavy atom. The van der Waals surface area contributed by atoms with Gasteiger partial charge in [-0.3, -0.25) is 5.32 Å². The summed E-state index contributed by atoms with van der Waals surface area (Å²) in [7, 11) is 0. The van der Waals surface area contributed by atoms with Gasteiger partial charge in [-0.2, -0.15) is 0 Å². The summed E-state index contributed by atoms with van der Waals surface area (Å²) in [6.07, 6.45) is 0.523. The molecule has 1 aliphatic rings. The van der Waals surface area contributed by atoms with Crippen molar-refractivity contribution in [3.8, 4) is 0 Å².